The molecule has 4 nitrogen and oxygen atoms in total. The number of aryl methyl sites for hydroxylation is 2. The lowest BCUT2D eigenvalue weighted by molar-refractivity contribution is 0.318. The summed E-state index contributed by atoms with van der Waals surface area (Å²) in [6.07, 6.45) is 1.55. The lowest BCUT2D eigenvalue weighted by Crippen LogP contribution is -2.05. The van der Waals surface area contributed by atoms with Gasteiger partial charge < -0.3 is 14.9 Å². The average molecular weight is 341 g/mol. The summed E-state index contributed by atoms with van der Waals surface area (Å²) in [4.78, 5) is 0. The van der Waals surface area contributed by atoms with Gasteiger partial charge in [0.2, 0.25) is 0 Å². The number of hydrogen-bond donors (Lipinski definition) is 2. The number of halogens is 1. The van der Waals surface area contributed by atoms with Crippen molar-refractivity contribution < 1.29 is 9.62 Å². The maximum atomic E-state index is 9.39. The largest absolute Gasteiger partial charge is 0.462 e. The number of rotatable bonds is 4. The lowest BCUT2D eigenvalue weighted by Gasteiger charge is -2.12. The summed E-state index contributed by atoms with van der Waals surface area (Å²) < 4.78 is 5.40. The normalized spacial score (nSPS) is 11.5. The zero-order chi connectivity index (χ0) is 17.1. The van der Waals surface area contributed by atoms with Crippen LogP contribution in [0.3, 0.4) is 0 Å². The van der Waals surface area contributed by atoms with Crippen LogP contribution in [0.5, 0.6) is 0 Å². The van der Waals surface area contributed by atoms with Gasteiger partial charge in [-0.05, 0) is 55.3 Å². The van der Waals surface area contributed by atoms with Gasteiger partial charge in [-0.15, -0.1) is 0 Å². The molecular weight excluding hydrogens is 324 g/mol. The van der Waals surface area contributed by atoms with Crippen LogP contribution in [0.2, 0.25) is 5.02 Å². The molecule has 0 bridgehead atoms. The predicted molar refractivity (Wildman–Crippen MR) is 96.8 cm³/mol. The maximum absolute atomic E-state index is 9.39. The molecule has 1 heterocycles. The first-order valence-corrected chi connectivity index (χ1v) is 7.87. The minimum Gasteiger partial charge on any atom is -0.462 e. The molecule has 0 saturated carbocycles. The fourth-order valence-corrected chi connectivity index (χ4v) is 2.76. The van der Waals surface area contributed by atoms with E-state index in [-0.39, 0.29) is 0 Å². The molecule has 2 N–H and O–H groups in total. The standard InChI is InChI=1S/C19H17ClN2O2/c1-12-5-3-4-6-17(12)21-14-7-8-15(16(20)11-14)18(22-23)19-13(2)9-10-24-19/h3-11,21,23H,1-2H3/b22-18+. The second kappa shape index (κ2) is 6.81. The monoisotopic (exact) mass is 340 g/mol. The zero-order valence-electron chi connectivity index (χ0n) is 13.4. The number of nitrogens with zero attached hydrogens (tertiary/aromatic N) is 1. The highest BCUT2D eigenvalue weighted by molar-refractivity contribution is 6.35. The molecule has 0 fully saturated rings. The van der Waals surface area contributed by atoms with Crippen molar-refractivity contribution in [1.82, 2.24) is 0 Å². The van der Waals surface area contributed by atoms with Crippen LogP contribution in [-0.2, 0) is 0 Å². The minimum absolute atomic E-state index is 0.310. The van der Waals surface area contributed by atoms with E-state index in [1.54, 1.807) is 18.4 Å². The van der Waals surface area contributed by atoms with Gasteiger partial charge in [0.15, 0.2) is 11.5 Å². The van der Waals surface area contributed by atoms with E-state index < -0.39 is 0 Å². The Morgan fingerprint density at radius 1 is 1.08 bits per heavy atom. The van der Waals surface area contributed by atoms with Crippen molar-refractivity contribution in [3.8, 4) is 0 Å². The van der Waals surface area contributed by atoms with Crippen LogP contribution in [0.25, 0.3) is 0 Å². The van der Waals surface area contributed by atoms with Crippen LogP contribution in [0.1, 0.15) is 22.5 Å². The van der Waals surface area contributed by atoms with E-state index in [4.69, 9.17) is 16.0 Å². The summed E-state index contributed by atoms with van der Waals surface area (Å²) in [6.45, 7) is 3.92. The molecule has 0 saturated heterocycles. The highest BCUT2D eigenvalue weighted by atomic mass is 35.5. The van der Waals surface area contributed by atoms with Gasteiger partial charge in [-0.3, -0.25) is 0 Å². The van der Waals surface area contributed by atoms with E-state index in [9.17, 15) is 5.21 Å². The molecule has 0 aliphatic carbocycles. The molecule has 0 unspecified atom stereocenters. The number of anilines is 2. The van der Waals surface area contributed by atoms with Crippen LogP contribution in [-0.4, -0.2) is 10.9 Å². The Hall–Kier alpha value is -2.72. The number of oxime groups is 1. The van der Waals surface area contributed by atoms with Crippen molar-refractivity contribution >= 4 is 28.7 Å². The summed E-state index contributed by atoms with van der Waals surface area (Å²) in [7, 11) is 0. The Balaban J connectivity index is 1.93. The number of nitrogens with one attached hydrogen (secondary N) is 1. The van der Waals surface area contributed by atoms with Crippen molar-refractivity contribution in [2.45, 2.75) is 13.8 Å². The number of hydrogen-bond acceptors (Lipinski definition) is 4. The number of para-hydroxylation sites is 1. The van der Waals surface area contributed by atoms with E-state index in [0.717, 1.165) is 22.5 Å². The summed E-state index contributed by atoms with van der Waals surface area (Å²) in [6, 6.07) is 15.3. The van der Waals surface area contributed by atoms with Crippen molar-refractivity contribution in [2.75, 3.05) is 5.32 Å². The van der Waals surface area contributed by atoms with Crippen LogP contribution in [0.4, 0.5) is 11.4 Å². The Labute approximate surface area is 145 Å². The maximum Gasteiger partial charge on any atom is 0.159 e. The Bertz CT molecular complexity index is 900. The Morgan fingerprint density at radius 3 is 2.50 bits per heavy atom. The molecule has 0 spiro atoms. The molecule has 3 aromatic rings. The quantitative estimate of drug-likeness (QED) is 0.373. The highest BCUT2D eigenvalue weighted by Gasteiger charge is 2.17. The third-order valence-corrected chi connectivity index (χ3v) is 4.14. The smallest absolute Gasteiger partial charge is 0.159 e. The Morgan fingerprint density at radius 2 is 1.88 bits per heavy atom. The van der Waals surface area contributed by atoms with Gasteiger partial charge in [-0.1, -0.05) is 35.0 Å². The fourth-order valence-electron chi connectivity index (χ4n) is 2.49. The summed E-state index contributed by atoms with van der Waals surface area (Å²) >= 11 is 6.40. The van der Waals surface area contributed by atoms with Gasteiger partial charge in [-0.2, -0.15) is 0 Å². The first-order chi connectivity index (χ1) is 11.6. The van der Waals surface area contributed by atoms with Gasteiger partial charge in [0, 0.05) is 16.9 Å². The number of furan rings is 1. The SMILES string of the molecule is Cc1ccccc1Nc1ccc(/C(=N\O)c2occc2C)c(Cl)c1. The molecule has 5 heteroatoms. The second-order valence-corrected chi connectivity index (χ2v) is 5.92. The van der Waals surface area contributed by atoms with Crippen molar-refractivity contribution in [3.05, 3.63) is 82.3 Å². The van der Waals surface area contributed by atoms with E-state index in [2.05, 4.69) is 10.5 Å². The molecule has 0 atom stereocenters. The summed E-state index contributed by atoms with van der Waals surface area (Å²) in [5.74, 6) is 0.499. The molecule has 122 valence electrons. The molecule has 0 radical (unpaired) electrons. The predicted octanol–water partition coefficient (Wildman–Crippen LogP) is 5.52. The molecule has 0 amide bonds. The van der Waals surface area contributed by atoms with E-state index >= 15 is 0 Å². The molecule has 2 aromatic carbocycles. The first kappa shape index (κ1) is 16.1. The third-order valence-electron chi connectivity index (χ3n) is 3.83. The molecule has 0 aliphatic heterocycles. The summed E-state index contributed by atoms with van der Waals surface area (Å²) in [5, 5.41) is 16.6. The van der Waals surface area contributed by atoms with Crippen LogP contribution in [0, 0.1) is 13.8 Å². The third kappa shape index (κ3) is 3.14. The van der Waals surface area contributed by atoms with Gasteiger partial charge in [-0.25, -0.2) is 0 Å². The summed E-state index contributed by atoms with van der Waals surface area (Å²) in [5.41, 5.74) is 4.80. The van der Waals surface area contributed by atoms with Crippen LogP contribution >= 0.6 is 11.6 Å². The van der Waals surface area contributed by atoms with Crippen molar-refractivity contribution in [2.24, 2.45) is 5.16 Å². The lowest BCUT2D eigenvalue weighted by atomic mass is 10.0. The van der Waals surface area contributed by atoms with E-state index in [1.165, 1.54) is 0 Å². The van der Waals surface area contributed by atoms with E-state index in [0.29, 0.717) is 22.1 Å². The van der Waals surface area contributed by atoms with Gasteiger partial charge in [0.05, 0.1) is 11.3 Å². The van der Waals surface area contributed by atoms with Gasteiger partial charge >= 0.3 is 0 Å². The molecule has 3 rings (SSSR count). The van der Waals surface area contributed by atoms with E-state index in [1.807, 2.05) is 50.2 Å². The average Bonchev–Trinajstić information content (AvgIpc) is 2.98. The van der Waals surface area contributed by atoms with Gasteiger partial charge in [0.1, 0.15) is 0 Å². The molecule has 1 aromatic heterocycles. The molecule has 24 heavy (non-hydrogen) atoms. The minimum atomic E-state index is 0.310. The van der Waals surface area contributed by atoms with Crippen molar-refractivity contribution in [3.63, 3.8) is 0 Å². The fraction of sp³-hybridized carbons (Fsp3) is 0.105. The second-order valence-electron chi connectivity index (χ2n) is 5.52. The van der Waals surface area contributed by atoms with Crippen molar-refractivity contribution in [1.29, 1.82) is 0 Å². The molecule has 0 aliphatic rings. The van der Waals surface area contributed by atoms with Gasteiger partial charge in [0.25, 0.3) is 0 Å². The Kier molecular flexibility index (Phi) is 4.58. The van der Waals surface area contributed by atoms with Crippen LogP contribution < -0.4 is 5.32 Å². The number of benzene rings is 2. The topological polar surface area (TPSA) is 57.8 Å². The highest BCUT2D eigenvalue weighted by Crippen LogP contribution is 2.28. The zero-order valence-corrected chi connectivity index (χ0v) is 14.1. The first-order valence-electron chi connectivity index (χ1n) is 7.49. The molecular formula is C19H17ClN2O2. The van der Waals surface area contributed by atoms with Crippen LogP contribution in [0.15, 0.2) is 64.4 Å².